The third-order valence-corrected chi connectivity index (χ3v) is 4.33. The average Bonchev–Trinajstić information content (AvgIpc) is 3.14. The fourth-order valence-electron chi connectivity index (χ4n) is 3.53. The lowest BCUT2D eigenvalue weighted by atomic mass is 9.82. The first kappa shape index (κ1) is 9.17. The van der Waals surface area contributed by atoms with E-state index in [0.29, 0.717) is 5.54 Å². The van der Waals surface area contributed by atoms with E-state index in [2.05, 4.69) is 61.7 Å². The van der Waals surface area contributed by atoms with E-state index in [1.54, 1.807) is 0 Å². The number of fused-ring (bicyclic) bond motifs is 1. The highest BCUT2D eigenvalue weighted by molar-refractivity contribution is 5.57. The van der Waals surface area contributed by atoms with Crippen molar-refractivity contribution < 1.29 is 0 Å². The first-order valence-corrected chi connectivity index (χ1v) is 5.72. The summed E-state index contributed by atoms with van der Waals surface area (Å²) in [6.45, 7) is 8.53. The van der Waals surface area contributed by atoms with E-state index >= 15 is 0 Å². The Morgan fingerprint density at radius 1 is 1.40 bits per heavy atom. The number of rotatable bonds is 3. The minimum Gasteiger partial charge on any atom is -0.274 e. The van der Waals surface area contributed by atoms with Gasteiger partial charge >= 0.3 is 0 Å². The van der Waals surface area contributed by atoms with Crippen LogP contribution in [0, 0.1) is 0 Å². The van der Waals surface area contributed by atoms with Crippen LogP contribution in [0.5, 0.6) is 0 Å². The number of hydrogen-bond donors (Lipinski definition) is 0. The molecule has 4 atom stereocenters. The highest BCUT2D eigenvalue weighted by Crippen LogP contribution is 2.78. The third-order valence-electron chi connectivity index (χ3n) is 4.33. The minimum atomic E-state index is 0.217. The van der Waals surface area contributed by atoms with E-state index in [4.69, 9.17) is 0 Å². The molecule has 1 aromatic carbocycles. The number of benzene rings is 1. The van der Waals surface area contributed by atoms with Gasteiger partial charge in [0.25, 0.3) is 0 Å². The minimum absolute atomic E-state index is 0.217. The molecule has 1 heteroatoms. The summed E-state index contributed by atoms with van der Waals surface area (Å²) in [6, 6.07) is 11.6. The molecular weight excluding hydrogens is 182 g/mol. The van der Waals surface area contributed by atoms with Gasteiger partial charge in [-0.3, -0.25) is 4.90 Å². The van der Waals surface area contributed by atoms with Crippen molar-refractivity contribution in [3.8, 4) is 0 Å². The molecule has 2 saturated heterocycles. The first-order chi connectivity index (χ1) is 7.23. The van der Waals surface area contributed by atoms with Crippen LogP contribution in [0.15, 0.2) is 43.0 Å². The summed E-state index contributed by atoms with van der Waals surface area (Å²) in [5.74, 6) is 0. The Morgan fingerprint density at radius 2 is 2.07 bits per heavy atom. The van der Waals surface area contributed by atoms with E-state index in [9.17, 15) is 0 Å². The second-order valence-electron chi connectivity index (χ2n) is 4.78. The summed E-state index contributed by atoms with van der Waals surface area (Å²) in [6.07, 6.45) is 3.34. The highest BCUT2D eigenvalue weighted by atomic mass is 15.6. The molecule has 0 saturated carbocycles. The Morgan fingerprint density at radius 3 is 2.60 bits per heavy atom. The van der Waals surface area contributed by atoms with Crippen LogP contribution in [0.3, 0.4) is 0 Å². The zero-order chi connectivity index (χ0) is 10.7. The van der Waals surface area contributed by atoms with E-state index in [-0.39, 0.29) is 5.54 Å². The van der Waals surface area contributed by atoms with E-state index < -0.39 is 0 Å². The number of hydrogen-bond acceptors (Lipinski definition) is 1. The van der Waals surface area contributed by atoms with Gasteiger partial charge < -0.3 is 0 Å². The van der Waals surface area contributed by atoms with Gasteiger partial charge in [-0.15, -0.1) is 6.58 Å². The molecule has 2 heterocycles. The van der Waals surface area contributed by atoms with Crippen molar-refractivity contribution in [3.05, 3.63) is 48.6 Å². The van der Waals surface area contributed by atoms with Gasteiger partial charge in [-0.2, -0.15) is 0 Å². The van der Waals surface area contributed by atoms with E-state index in [1.165, 1.54) is 12.0 Å². The second-order valence-corrected chi connectivity index (χ2v) is 4.78. The van der Waals surface area contributed by atoms with E-state index in [1.807, 2.05) is 0 Å². The first-order valence-electron chi connectivity index (χ1n) is 5.72. The summed E-state index contributed by atoms with van der Waals surface area (Å²) in [4.78, 5) is 2.57. The molecule has 2 aliphatic heterocycles. The molecule has 0 spiro atoms. The number of nitrogens with zero attached hydrogens (tertiary/aromatic N) is 1. The maximum atomic E-state index is 3.97. The molecule has 0 aromatic heterocycles. The smallest absolute Gasteiger partial charge is 0.0849 e. The fourth-order valence-corrected chi connectivity index (χ4v) is 3.53. The van der Waals surface area contributed by atoms with Crippen LogP contribution in [0.25, 0.3) is 0 Å². The summed E-state index contributed by atoms with van der Waals surface area (Å²) in [7, 11) is 0. The monoisotopic (exact) mass is 199 g/mol. The molecule has 0 radical (unpaired) electrons. The second kappa shape index (κ2) is 2.53. The quantitative estimate of drug-likeness (QED) is 0.534. The van der Waals surface area contributed by atoms with Crippen LogP contribution in [0.1, 0.15) is 25.8 Å². The van der Waals surface area contributed by atoms with E-state index in [0.717, 1.165) is 6.04 Å². The molecule has 78 valence electrons. The predicted octanol–water partition coefficient (Wildman–Crippen LogP) is 2.93. The maximum Gasteiger partial charge on any atom is 0.0849 e. The third kappa shape index (κ3) is 0.764. The molecule has 1 nitrogen and oxygen atoms in total. The highest BCUT2D eigenvalue weighted by Gasteiger charge is 2.90. The Balaban J connectivity index is 2.02. The van der Waals surface area contributed by atoms with Gasteiger partial charge in [0.2, 0.25) is 0 Å². The molecular formula is C14H17N. The van der Waals surface area contributed by atoms with Crippen LogP contribution in [0.4, 0.5) is 0 Å². The van der Waals surface area contributed by atoms with Gasteiger partial charge in [0.1, 0.15) is 0 Å². The normalized spacial score (nSPS) is 45.7. The summed E-state index contributed by atoms with van der Waals surface area (Å²) >= 11 is 0. The Hall–Kier alpha value is -1.08. The molecule has 0 N–H and O–H groups in total. The van der Waals surface area contributed by atoms with Gasteiger partial charge in [0.15, 0.2) is 0 Å². The van der Waals surface area contributed by atoms with Crippen LogP contribution in [-0.4, -0.2) is 16.5 Å². The zero-order valence-electron chi connectivity index (χ0n) is 9.40. The van der Waals surface area contributed by atoms with Crippen molar-refractivity contribution in [2.24, 2.45) is 0 Å². The Kier molecular flexibility index (Phi) is 1.55. The summed E-state index contributed by atoms with van der Waals surface area (Å²) in [5.41, 5.74) is 1.97. The van der Waals surface area contributed by atoms with Crippen molar-refractivity contribution in [1.82, 2.24) is 4.90 Å². The molecule has 4 unspecified atom stereocenters. The van der Waals surface area contributed by atoms with Crippen LogP contribution in [0.2, 0.25) is 0 Å². The van der Waals surface area contributed by atoms with Gasteiger partial charge in [0, 0.05) is 6.04 Å². The fraction of sp³-hybridized carbons (Fsp3) is 0.429. The largest absolute Gasteiger partial charge is 0.274 e. The van der Waals surface area contributed by atoms with Crippen molar-refractivity contribution in [2.45, 2.75) is 37.4 Å². The standard InChI is InChI=1S/C14H17N/c1-4-12-14(11-9-7-6-8-10-11)13(3,5-2)15(12)14/h5-10,12H,2,4H2,1,3H3. The molecule has 1 aromatic rings. The summed E-state index contributed by atoms with van der Waals surface area (Å²) in [5, 5.41) is 0. The lowest BCUT2D eigenvalue weighted by Crippen LogP contribution is -2.32. The molecule has 0 bridgehead atoms. The van der Waals surface area contributed by atoms with Crippen LogP contribution in [-0.2, 0) is 5.54 Å². The topological polar surface area (TPSA) is 3.01 Å². The molecule has 2 fully saturated rings. The van der Waals surface area contributed by atoms with Gasteiger partial charge in [-0.25, -0.2) is 0 Å². The SMILES string of the molecule is C=CC1(C)N2C(CC)C21c1ccccc1. The van der Waals surface area contributed by atoms with Crippen LogP contribution >= 0.6 is 0 Å². The van der Waals surface area contributed by atoms with Crippen molar-refractivity contribution in [1.29, 1.82) is 0 Å². The molecule has 2 aliphatic rings. The Bertz CT molecular complexity index is 411. The molecule has 15 heavy (non-hydrogen) atoms. The average molecular weight is 199 g/mol. The van der Waals surface area contributed by atoms with Crippen molar-refractivity contribution in [2.75, 3.05) is 0 Å². The van der Waals surface area contributed by atoms with Crippen molar-refractivity contribution >= 4 is 0 Å². The van der Waals surface area contributed by atoms with Gasteiger partial charge in [-0.05, 0) is 18.9 Å². The molecule has 3 rings (SSSR count). The Labute approximate surface area is 91.4 Å². The predicted molar refractivity (Wildman–Crippen MR) is 62.6 cm³/mol. The lowest BCUT2D eigenvalue weighted by molar-refractivity contribution is 0.425. The van der Waals surface area contributed by atoms with Gasteiger partial charge in [-0.1, -0.05) is 43.3 Å². The van der Waals surface area contributed by atoms with Crippen molar-refractivity contribution in [3.63, 3.8) is 0 Å². The summed E-state index contributed by atoms with van der Waals surface area (Å²) < 4.78 is 0. The molecule has 0 amide bonds. The molecule has 0 aliphatic carbocycles. The van der Waals surface area contributed by atoms with Crippen LogP contribution < -0.4 is 0 Å². The maximum absolute atomic E-state index is 3.97. The zero-order valence-corrected chi connectivity index (χ0v) is 9.40. The lowest BCUT2D eigenvalue weighted by Gasteiger charge is -2.22. The van der Waals surface area contributed by atoms with Gasteiger partial charge in [0.05, 0.1) is 11.1 Å².